The summed E-state index contributed by atoms with van der Waals surface area (Å²) in [6, 6.07) is 0. The van der Waals surface area contributed by atoms with Crippen LogP contribution in [0.1, 0.15) is 277 Å². The molecule has 0 aliphatic rings. The molecule has 0 saturated heterocycles. The number of hydrogen-bond donors (Lipinski definition) is 0. The Morgan fingerprint density at radius 2 is 0.519 bits per heavy atom. The molecule has 0 aliphatic heterocycles. The first-order chi connectivity index (χ1) is 25.7. The Labute approximate surface area is 331 Å². The van der Waals surface area contributed by atoms with Crippen molar-refractivity contribution >= 4 is 0 Å². The molecule has 0 heteroatoms. The monoisotopic (exact) mass is 723 g/mol. The summed E-state index contributed by atoms with van der Waals surface area (Å²) in [5.74, 6) is 0. The van der Waals surface area contributed by atoms with Crippen LogP contribution in [-0.4, -0.2) is 0 Å². The van der Waals surface area contributed by atoms with Gasteiger partial charge in [0.1, 0.15) is 0 Å². The third-order valence-corrected chi connectivity index (χ3v) is 11.9. The van der Waals surface area contributed by atoms with E-state index in [-0.39, 0.29) is 0 Å². The molecule has 0 heterocycles. The van der Waals surface area contributed by atoms with Crippen LogP contribution in [0.4, 0.5) is 0 Å². The normalized spacial score (nSPS) is 12.8. The minimum Gasteiger partial charge on any atom is -0.103 e. The van der Waals surface area contributed by atoms with Gasteiger partial charge in [-0.25, -0.2) is 0 Å². The van der Waals surface area contributed by atoms with Gasteiger partial charge in [-0.2, -0.15) is 0 Å². The molecule has 0 bridgehead atoms. The summed E-state index contributed by atoms with van der Waals surface area (Å²) in [6.45, 7) is 13.9. The first-order valence-corrected chi connectivity index (χ1v) is 24.2. The van der Waals surface area contributed by atoms with E-state index < -0.39 is 0 Å². The van der Waals surface area contributed by atoms with Crippen LogP contribution in [0.3, 0.4) is 0 Å². The van der Waals surface area contributed by atoms with Gasteiger partial charge >= 0.3 is 0 Å². The third-order valence-electron chi connectivity index (χ3n) is 11.9. The van der Waals surface area contributed by atoms with Crippen molar-refractivity contribution in [1.29, 1.82) is 0 Å². The molecule has 0 aromatic heterocycles. The van der Waals surface area contributed by atoms with Crippen molar-refractivity contribution in [3.8, 4) is 0 Å². The standard InChI is InChI=1S/C52H98/c1-5-9-13-17-21-24-27-29-30-32-35-39-43-47-51-52(48-44-40-36-20-16-12-8-4,49-45-41-37-33-26-23-19-15-11-7-3)50-46-42-38-34-31-28-25-22-18-14-10-6-2/h5-7,44,48H,1-3,8-43,45-47,49-51H2,4H3. The van der Waals surface area contributed by atoms with Crippen molar-refractivity contribution in [1.82, 2.24) is 0 Å². The van der Waals surface area contributed by atoms with Gasteiger partial charge in [-0.05, 0) is 76.0 Å². The molecule has 0 rings (SSSR count). The van der Waals surface area contributed by atoms with Crippen molar-refractivity contribution in [2.45, 2.75) is 277 Å². The lowest BCUT2D eigenvalue weighted by molar-refractivity contribution is 0.263. The quantitative estimate of drug-likeness (QED) is 0.0433. The Hall–Kier alpha value is -1.04. The molecule has 0 radical (unpaired) electrons. The molecule has 1 atom stereocenters. The lowest BCUT2D eigenvalue weighted by atomic mass is 9.73. The maximum absolute atomic E-state index is 3.88. The van der Waals surface area contributed by atoms with E-state index in [1.54, 1.807) is 0 Å². The maximum Gasteiger partial charge on any atom is -0.0118 e. The smallest absolute Gasteiger partial charge is 0.0118 e. The lowest BCUT2D eigenvalue weighted by Gasteiger charge is -2.32. The minimum absolute atomic E-state index is 0.464. The predicted octanol–water partition coefficient (Wildman–Crippen LogP) is 19.5. The fourth-order valence-electron chi connectivity index (χ4n) is 8.36. The molecule has 0 N–H and O–H groups in total. The van der Waals surface area contributed by atoms with Crippen molar-refractivity contribution in [3.05, 3.63) is 50.1 Å². The predicted molar refractivity (Wildman–Crippen MR) is 242 cm³/mol. The first-order valence-electron chi connectivity index (χ1n) is 24.2. The zero-order chi connectivity index (χ0) is 37.7. The Morgan fingerprint density at radius 3 is 0.788 bits per heavy atom. The fourth-order valence-corrected chi connectivity index (χ4v) is 8.36. The molecule has 0 saturated carbocycles. The molecule has 1 unspecified atom stereocenters. The van der Waals surface area contributed by atoms with Crippen LogP contribution in [0.5, 0.6) is 0 Å². The minimum atomic E-state index is 0.464. The molecule has 0 nitrogen and oxygen atoms in total. The van der Waals surface area contributed by atoms with Crippen molar-refractivity contribution in [2.75, 3.05) is 0 Å². The molecule has 0 aliphatic carbocycles. The summed E-state index contributed by atoms with van der Waals surface area (Å²) in [4.78, 5) is 0. The molecule has 0 aromatic carbocycles. The van der Waals surface area contributed by atoms with E-state index in [1.807, 2.05) is 0 Å². The van der Waals surface area contributed by atoms with Crippen LogP contribution in [0.25, 0.3) is 0 Å². The Kier molecular flexibility index (Phi) is 43.5. The zero-order valence-corrected chi connectivity index (χ0v) is 36.2. The second kappa shape index (κ2) is 44.4. The summed E-state index contributed by atoms with van der Waals surface area (Å²) in [7, 11) is 0. The van der Waals surface area contributed by atoms with Gasteiger partial charge in [0.25, 0.3) is 0 Å². The molecule has 0 aromatic rings. The second-order valence-electron chi connectivity index (χ2n) is 17.1. The van der Waals surface area contributed by atoms with Gasteiger partial charge in [0.15, 0.2) is 0 Å². The Balaban J connectivity index is 4.85. The summed E-state index contributed by atoms with van der Waals surface area (Å²) >= 11 is 0. The van der Waals surface area contributed by atoms with Gasteiger partial charge in [0.05, 0.1) is 0 Å². The van der Waals surface area contributed by atoms with Gasteiger partial charge in [-0.1, -0.05) is 236 Å². The van der Waals surface area contributed by atoms with E-state index in [9.17, 15) is 0 Å². The van der Waals surface area contributed by atoms with Crippen LogP contribution in [0.2, 0.25) is 0 Å². The van der Waals surface area contributed by atoms with Gasteiger partial charge in [-0.3, -0.25) is 0 Å². The van der Waals surface area contributed by atoms with E-state index in [4.69, 9.17) is 0 Å². The van der Waals surface area contributed by atoms with Gasteiger partial charge in [-0.15, -0.1) is 19.7 Å². The highest BCUT2D eigenvalue weighted by Gasteiger charge is 2.25. The fraction of sp³-hybridized carbons (Fsp3) is 0.846. The van der Waals surface area contributed by atoms with Gasteiger partial charge in [0.2, 0.25) is 0 Å². The van der Waals surface area contributed by atoms with Crippen molar-refractivity contribution in [3.63, 3.8) is 0 Å². The SMILES string of the molecule is C=CCCCCCCCCCCCCCCC(C=CCCCCCCC)(CCCCCCCCCCC=C)CCCCCCCCCCCCC=C. The van der Waals surface area contributed by atoms with Crippen molar-refractivity contribution < 1.29 is 0 Å². The molecular weight excluding hydrogens is 625 g/mol. The average Bonchev–Trinajstić information content (AvgIpc) is 3.15. The number of unbranched alkanes of at least 4 members (excludes halogenated alkanes) is 35. The van der Waals surface area contributed by atoms with Crippen LogP contribution in [0.15, 0.2) is 50.1 Å². The van der Waals surface area contributed by atoms with E-state index >= 15 is 0 Å². The number of rotatable bonds is 46. The van der Waals surface area contributed by atoms with Crippen LogP contribution < -0.4 is 0 Å². The van der Waals surface area contributed by atoms with Gasteiger partial charge in [0, 0.05) is 0 Å². The second-order valence-corrected chi connectivity index (χ2v) is 17.1. The Morgan fingerprint density at radius 1 is 0.288 bits per heavy atom. The first kappa shape index (κ1) is 51.0. The molecule has 52 heavy (non-hydrogen) atoms. The summed E-state index contributed by atoms with van der Waals surface area (Å²) in [5, 5.41) is 0. The number of hydrogen-bond acceptors (Lipinski definition) is 0. The average molecular weight is 723 g/mol. The largest absolute Gasteiger partial charge is 0.103 e. The van der Waals surface area contributed by atoms with Gasteiger partial charge < -0.3 is 0 Å². The van der Waals surface area contributed by atoms with E-state index in [0.29, 0.717) is 5.41 Å². The number of allylic oxidation sites excluding steroid dienone is 5. The van der Waals surface area contributed by atoms with Crippen molar-refractivity contribution in [2.24, 2.45) is 5.41 Å². The van der Waals surface area contributed by atoms with E-state index in [0.717, 1.165) is 0 Å². The maximum atomic E-state index is 3.88. The Bertz CT molecular complexity index is 728. The molecule has 306 valence electrons. The highest BCUT2D eigenvalue weighted by molar-refractivity contribution is 5.00. The molecule has 0 fully saturated rings. The third kappa shape index (κ3) is 38.7. The topological polar surface area (TPSA) is 0 Å². The van der Waals surface area contributed by atoms with Crippen LogP contribution >= 0.6 is 0 Å². The van der Waals surface area contributed by atoms with E-state index in [1.165, 1.54) is 270 Å². The molecular formula is C52H98. The van der Waals surface area contributed by atoms with E-state index in [2.05, 4.69) is 57.0 Å². The van der Waals surface area contributed by atoms with Crippen LogP contribution in [-0.2, 0) is 0 Å². The summed E-state index contributed by atoms with van der Waals surface area (Å²) < 4.78 is 0. The summed E-state index contributed by atoms with van der Waals surface area (Å²) in [6.07, 6.45) is 70.9. The van der Waals surface area contributed by atoms with Crippen LogP contribution in [0, 0.1) is 5.41 Å². The zero-order valence-electron chi connectivity index (χ0n) is 36.2. The highest BCUT2D eigenvalue weighted by Crippen LogP contribution is 2.39. The molecule has 0 spiro atoms. The highest BCUT2D eigenvalue weighted by atomic mass is 14.3. The molecule has 0 amide bonds. The summed E-state index contributed by atoms with van der Waals surface area (Å²) in [5.41, 5.74) is 0.464. The lowest BCUT2D eigenvalue weighted by Crippen LogP contribution is -2.19.